The molecule has 13 heterocycles. The third-order valence-corrected chi connectivity index (χ3v) is 19.8. The molecule has 13 aromatic heterocycles. The van der Waals surface area contributed by atoms with Crippen LogP contribution in [-0.4, -0.2) is 50.5 Å². The van der Waals surface area contributed by atoms with Crippen LogP contribution in [0.15, 0.2) is 197 Å². The Bertz CT molecular complexity index is 4740. The number of fused-ring (bicyclic) bond motifs is 7. The predicted molar refractivity (Wildman–Crippen MR) is 347 cm³/mol. The number of aromatic nitrogens is 6. The van der Waals surface area contributed by atoms with E-state index in [1.165, 1.54) is 106 Å². The Kier molecular flexibility index (Phi) is 16.9. The van der Waals surface area contributed by atoms with Gasteiger partial charge in [0.25, 0.3) is 0 Å². The smallest absolute Gasteiger partial charge is 0.753 e. The fourth-order valence-corrected chi connectivity index (χ4v) is 16.5. The molecule has 392 valence electrons. The topological polar surface area (TPSA) is 143 Å². The minimum Gasteiger partial charge on any atom is -0.753 e. The number of isothiocyanates is 2. The van der Waals surface area contributed by atoms with Crippen LogP contribution < -0.4 is 0 Å². The summed E-state index contributed by atoms with van der Waals surface area (Å²) in [5.41, 5.74) is 12.8. The number of benzene rings is 2. The molecular formula is C61H34N8O2RuS9. The van der Waals surface area contributed by atoms with Gasteiger partial charge in [-0.1, -0.05) is 73.0 Å². The van der Waals surface area contributed by atoms with E-state index in [0.717, 1.165) is 38.3 Å². The number of carboxylic acid groups (broad SMARTS) is 1. The summed E-state index contributed by atoms with van der Waals surface area (Å²) in [6.07, 6.45) is 7.10. The van der Waals surface area contributed by atoms with E-state index in [2.05, 4.69) is 191 Å². The van der Waals surface area contributed by atoms with Crippen LogP contribution in [0.3, 0.4) is 0 Å². The van der Waals surface area contributed by atoms with Crippen molar-refractivity contribution in [1.29, 1.82) is 0 Å². The number of hydrogen-bond acceptors (Lipinski definition) is 14. The second-order valence-corrected chi connectivity index (χ2v) is 24.4. The van der Waals surface area contributed by atoms with Gasteiger partial charge in [0.2, 0.25) is 0 Å². The summed E-state index contributed by atoms with van der Waals surface area (Å²) in [6, 6.07) is 48.4. The van der Waals surface area contributed by atoms with Crippen LogP contribution in [-0.2, 0) is 19.5 Å². The predicted octanol–water partition coefficient (Wildman–Crippen LogP) is 19.7. The summed E-state index contributed by atoms with van der Waals surface area (Å²) in [7, 11) is 0. The number of thiocarbonyl (C=S) groups is 2. The first-order chi connectivity index (χ1) is 39.3. The van der Waals surface area contributed by atoms with E-state index in [1.54, 1.807) is 75.0 Å². The quantitative estimate of drug-likeness (QED) is 0.0855. The van der Waals surface area contributed by atoms with Gasteiger partial charge >= 0.3 is 25.4 Å². The Hall–Kier alpha value is -7.51. The first-order valence-electron chi connectivity index (χ1n) is 24.1. The number of hydrogen-bond donors (Lipinski definition) is 1. The summed E-state index contributed by atoms with van der Waals surface area (Å²) in [5.74, 6) is -0.963. The van der Waals surface area contributed by atoms with Gasteiger partial charge in [-0.3, -0.25) is 29.1 Å². The standard InChI is InChI=1S/C48H26N4S7.C11H8N2O2.2CNS.Ru/c1-4-9-37-31(6-1)33-11-14-49-46(47(33)52(37)45-18-28(25-56-45)30-13-17-55-48(30)39-10-5-15-54-39)35-20-34-32-7-2-3-8-36(32)51(38(34)23-50-35)44-19-29(26-57-44)41-22-43-42(59-41)21-40(58-43)27-12-16-53-24-27;14-11(15)8-4-6-13-10(7-8)9-3-1-2-5-12-9;2*2-1-3;/h1-26H;1-7H,(H,14,15);;;/q;;2*-1;+2. The maximum Gasteiger partial charge on any atom is 2.00 e. The molecule has 81 heavy (non-hydrogen) atoms. The fraction of sp³-hybridized carbons (Fsp3) is 0. The molecule has 0 saturated heterocycles. The molecule has 0 aliphatic rings. The molecule has 10 nitrogen and oxygen atoms in total. The zero-order chi connectivity index (χ0) is 54.7. The van der Waals surface area contributed by atoms with Gasteiger partial charge in [-0.25, -0.2) is 4.79 Å². The summed E-state index contributed by atoms with van der Waals surface area (Å²) in [5, 5.41) is 46.1. The molecule has 0 spiro atoms. The largest absolute Gasteiger partial charge is 2.00 e. The molecule has 0 radical (unpaired) electrons. The average Bonchev–Trinajstić information content (AvgIpc) is 4.31. The molecule has 0 unspecified atom stereocenters. The number of aromatic carboxylic acids is 1. The third kappa shape index (κ3) is 10.9. The second-order valence-electron chi connectivity index (χ2n) is 17.4. The van der Waals surface area contributed by atoms with Crippen molar-refractivity contribution in [2.75, 3.05) is 0 Å². The van der Waals surface area contributed by atoms with Crippen molar-refractivity contribution in [2.45, 2.75) is 0 Å². The molecule has 15 aromatic rings. The molecule has 1 N–H and O–H groups in total. The number of rotatable bonds is 9. The summed E-state index contributed by atoms with van der Waals surface area (Å²) < 4.78 is 7.48. The van der Waals surface area contributed by atoms with Gasteiger partial charge in [0, 0.05) is 91.6 Å². The van der Waals surface area contributed by atoms with Gasteiger partial charge in [0.05, 0.1) is 55.8 Å². The maximum absolute atomic E-state index is 10.7. The van der Waals surface area contributed by atoms with Crippen molar-refractivity contribution in [2.24, 2.45) is 0 Å². The molecule has 0 bridgehead atoms. The van der Waals surface area contributed by atoms with E-state index in [1.807, 2.05) is 34.9 Å². The van der Waals surface area contributed by atoms with Crippen LogP contribution in [0, 0.1) is 0 Å². The van der Waals surface area contributed by atoms with Gasteiger partial charge in [-0.2, -0.15) is 21.7 Å². The number of nitrogens with zero attached hydrogens (tertiary/aromatic N) is 8. The molecule has 0 aliphatic carbocycles. The Balaban J connectivity index is 0.000000267. The third-order valence-electron chi connectivity index (χ3n) is 12.9. The first kappa shape index (κ1) is 55.4. The monoisotopic (exact) mass is 1300 g/mol. The van der Waals surface area contributed by atoms with Crippen molar-refractivity contribution in [1.82, 2.24) is 29.1 Å². The minimum absolute atomic E-state index is 0. The second kappa shape index (κ2) is 24.7. The van der Waals surface area contributed by atoms with Crippen LogP contribution in [0.1, 0.15) is 10.4 Å². The molecule has 20 heteroatoms. The Labute approximate surface area is 514 Å². The molecule has 0 atom stereocenters. The van der Waals surface area contributed by atoms with Crippen LogP contribution in [0.5, 0.6) is 0 Å². The van der Waals surface area contributed by atoms with Crippen LogP contribution in [0.2, 0.25) is 0 Å². The fourth-order valence-electron chi connectivity index (χ4n) is 9.60. The number of carboxylic acids is 1. The Morgan fingerprint density at radius 2 is 1.19 bits per heavy atom. The van der Waals surface area contributed by atoms with Crippen LogP contribution in [0.25, 0.3) is 138 Å². The van der Waals surface area contributed by atoms with Crippen molar-refractivity contribution in [3.8, 4) is 74.5 Å². The van der Waals surface area contributed by atoms with Crippen LogP contribution >= 0.6 is 104 Å². The molecule has 2 aromatic carbocycles. The number of pyridine rings is 4. The maximum atomic E-state index is 10.7. The van der Waals surface area contributed by atoms with Gasteiger partial charge in [-0.05, 0) is 118 Å². The van der Waals surface area contributed by atoms with E-state index in [4.69, 9.17) is 25.9 Å². The zero-order valence-electron chi connectivity index (χ0n) is 41.5. The van der Waals surface area contributed by atoms with Crippen LogP contribution in [0.4, 0.5) is 0 Å². The minimum atomic E-state index is -0.963. The summed E-state index contributed by atoms with van der Waals surface area (Å²) >= 11 is 20.1. The molecule has 15 rings (SSSR count). The zero-order valence-corrected chi connectivity index (χ0v) is 50.6. The molecule has 0 amide bonds. The number of para-hydroxylation sites is 2. The van der Waals surface area contributed by atoms with Crippen molar-refractivity contribution < 1.29 is 29.4 Å². The van der Waals surface area contributed by atoms with Gasteiger partial charge < -0.3 is 15.9 Å². The number of carbonyl (C=O) groups is 1. The number of thiophene rings is 7. The van der Waals surface area contributed by atoms with Crippen molar-refractivity contribution in [3.05, 3.63) is 213 Å². The van der Waals surface area contributed by atoms with E-state index >= 15 is 0 Å². The Morgan fingerprint density at radius 3 is 1.89 bits per heavy atom. The SMILES string of the molecule is O=C(O)c1ccnc(-c2ccccn2)c1.[N-]=C=S.[N-]=C=S.[Ru+2].c1csc(-c2sccc2-c2csc(-n3c4ccccc4c4ccnc(-c5cc6c7ccccc7n(-c7cc(-c8cc9sc(-c%10ccsc%10)cc9s8)cs7)c6cn5)c43)c2)c1. The van der Waals surface area contributed by atoms with Gasteiger partial charge in [0.1, 0.15) is 15.7 Å². The van der Waals surface area contributed by atoms with E-state index < -0.39 is 5.97 Å². The van der Waals surface area contributed by atoms with Crippen molar-refractivity contribution >= 4 is 173 Å². The van der Waals surface area contributed by atoms with E-state index in [0.29, 0.717) is 11.4 Å². The van der Waals surface area contributed by atoms with Crippen molar-refractivity contribution in [3.63, 3.8) is 0 Å². The van der Waals surface area contributed by atoms with E-state index in [9.17, 15) is 4.79 Å². The molecule has 0 fully saturated rings. The average molecular weight is 1300 g/mol. The molecular weight excluding hydrogens is 1270 g/mol. The molecule has 0 aliphatic heterocycles. The first-order valence-corrected chi connectivity index (χ1v) is 31.0. The molecule has 0 saturated carbocycles. The summed E-state index contributed by atoms with van der Waals surface area (Å²) in [6.45, 7) is 0. The summed E-state index contributed by atoms with van der Waals surface area (Å²) in [4.78, 5) is 34.5. The van der Waals surface area contributed by atoms with E-state index in [-0.39, 0.29) is 25.0 Å². The Morgan fingerprint density at radius 1 is 0.519 bits per heavy atom. The normalized spacial score (nSPS) is 10.8. The van der Waals surface area contributed by atoms with Gasteiger partial charge in [0.15, 0.2) is 0 Å². The van der Waals surface area contributed by atoms with Gasteiger partial charge in [-0.15, -0.1) is 68.0 Å².